The highest BCUT2D eigenvalue weighted by atomic mass is 16.5. The molecule has 0 spiro atoms. The predicted molar refractivity (Wildman–Crippen MR) is 107 cm³/mol. The number of ether oxygens (including phenoxy) is 1. The van der Waals surface area contributed by atoms with Crippen LogP contribution in [0.2, 0.25) is 0 Å². The van der Waals surface area contributed by atoms with Crippen molar-refractivity contribution in [2.24, 2.45) is 0 Å². The molecular formula is C23H22N2O3. The molecule has 28 heavy (non-hydrogen) atoms. The number of likely N-dealkylation sites (N-methyl/N-ethyl adjacent to an activating group) is 1. The minimum atomic E-state index is -0.979. The first-order valence-electron chi connectivity index (χ1n) is 9.44. The Bertz CT molecular complexity index is 1040. The number of aromatic nitrogens is 1. The van der Waals surface area contributed by atoms with Gasteiger partial charge in [-0.2, -0.15) is 0 Å². The topological polar surface area (TPSA) is 59.5 Å². The minimum Gasteiger partial charge on any atom is -0.444 e. The fourth-order valence-electron chi connectivity index (χ4n) is 3.73. The van der Waals surface area contributed by atoms with E-state index in [4.69, 9.17) is 9.72 Å². The molecule has 0 unspecified atom stereocenters. The monoisotopic (exact) mass is 374 g/mol. The molecular weight excluding hydrogens is 352 g/mol. The molecule has 0 fully saturated rings. The van der Waals surface area contributed by atoms with Crippen molar-refractivity contribution < 1.29 is 14.3 Å². The van der Waals surface area contributed by atoms with Crippen molar-refractivity contribution in [2.75, 3.05) is 14.1 Å². The van der Waals surface area contributed by atoms with Gasteiger partial charge in [0.15, 0.2) is 0 Å². The van der Waals surface area contributed by atoms with Crippen LogP contribution in [0.4, 0.5) is 0 Å². The van der Waals surface area contributed by atoms with Crippen LogP contribution in [0.5, 0.6) is 0 Å². The van der Waals surface area contributed by atoms with Crippen LogP contribution in [-0.4, -0.2) is 35.9 Å². The Morgan fingerprint density at radius 2 is 1.71 bits per heavy atom. The third-order valence-electron chi connectivity index (χ3n) is 5.12. The quantitative estimate of drug-likeness (QED) is 0.653. The van der Waals surface area contributed by atoms with Crippen LogP contribution in [-0.2, 0) is 22.4 Å². The van der Waals surface area contributed by atoms with E-state index in [1.54, 1.807) is 26.2 Å². The van der Waals surface area contributed by atoms with Gasteiger partial charge >= 0.3 is 5.97 Å². The smallest absolute Gasteiger partial charge is 0.340 e. The number of esters is 1. The lowest BCUT2D eigenvalue weighted by atomic mass is 10.0. The van der Waals surface area contributed by atoms with Crippen LogP contribution in [0.15, 0.2) is 54.6 Å². The lowest BCUT2D eigenvalue weighted by molar-refractivity contribution is -0.138. The van der Waals surface area contributed by atoms with Crippen molar-refractivity contribution in [3.8, 4) is 0 Å². The molecule has 3 aromatic rings. The molecule has 0 saturated carbocycles. The zero-order valence-corrected chi connectivity index (χ0v) is 16.0. The van der Waals surface area contributed by atoms with Gasteiger partial charge in [0, 0.05) is 30.7 Å². The van der Waals surface area contributed by atoms with Crippen molar-refractivity contribution >= 4 is 22.8 Å². The Morgan fingerprint density at radius 1 is 1.00 bits per heavy atom. The van der Waals surface area contributed by atoms with Gasteiger partial charge in [0.2, 0.25) is 6.10 Å². The molecule has 1 amide bonds. The highest BCUT2D eigenvalue weighted by Crippen LogP contribution is 2.32. The van der Waals surface area contributed by atoms with E-state index in [-0.39, 0.29) is 5.91 Å². The average molecular weight is 374 g/mol. The summed E-state index contributed by atoms with van der Waals surface area (Å²) in [6.07, 6.45) is 1.65. The van der Waals surface area contributed by atoms with Crippen LogP contribution in [0.3, 0.4) is 0 Å². The first kappa shape index (κ1) is 18.2. The number of benzene rings is 2. The van der Waals surface area contributed by atoms with E-state index in [9.17, 15) is 9.59 Å². The van der Waals surface area contributed by atoms with Crippen LogP contribution in [0, 0.1) is 0 Å². The molecule has 0 N–H and O–H groups in total. The number of aryl methyl sites for hydroxylation is 1. The first-order valence-corrected chi connectivity index (χ1v) is 9.44. The summed E-state index contributed by atoms with van der Waals surface area (Å²) in [6.45, 7) is 0. The van der Waals surface area contributed by atoms with Crippen molar-refractivity contribution in [3.05, 3.63) is 77.0 Å². The molecule has 1 heterocycles. The summed E-state index contributed by atoms with van der Waals surface area (Å²) in [6, 6.07) is 16.7. The molecule has 0 saturated heterocycles. The van der Waals surface area contributed by atoms with Crippen molar-refractivity contribution in [1.29, 1.82) is 0 Å². The molecule has 4 rings (SSSR count). The van der Waals surface area contributed by atoms with Gasteiger partial charge in [0.05, 0.1) is 11.1 Å². The Hall–Kier alpha value is -3.21. The Kier molecular flexibility index (Phi) is 4.82. The molecule has 1 aliphatic rings. The Balaban J connectivity index is 1.78. The summed E-state index contributed by atoms with van der Waals surface area (Å²) in [5.74, 6) is -0.740. The number of nitrogens with zero attached hydrogens (tertiary/aromatic N) is 2. The van der Waals surface area contributed by atoms with Crippen LogP contribution >= 0.6 is 0 Å². The van der Waals surface area contributed by atoms with E-state index in [0.29, 0.717) is 11.1 Å². The summed E-state index contributed by atoms with van der Waals surface area (Å²) in [5, 5.41) is 0.775. The molecule has 1 aliphatic carbocycles. The molecule has 2 aromatic carbocycles. The van der Waals surface area contributed by atoms with E-state index in [0.717, 1.165) is 41.4 Å². The third-order valence-corrected chi connectivity index (χ3v) is 5.12. The normalized spacial score (nSPS) is 13.8. The number of fused-ring (bicyclic) bond motifs is 2. The third kappa shape index (κ3) is 3.24. The van der Waals surface area contributed by atoms with Gasteiger partial charge in [-0.05, 0) is 30.9 Å². The van der Waals surface area contributed by atoms with Gasteiger partial charge in [-0.15, -0.1) is 0 Å². The van der Waals surface area contributed by atoms with Gasteiger partial charge in [-0.1, -0.05) is 48.5 Å². The molecule has 5 heteroatoms. The van der Waals surface area contributed by atoms with Gasteiger partial charge in [0.1, 0.15) is 0 Å². The summed E-state index contributed by atoms with van der Waals surface area (Å²) < 4.78 is 5.82. The Labute approximate surface area is 163 Å². The van der Waals surface area contributed by atoms with Gasteiger partial charge in [0.25, 0.3) is 5.91 Å². The van der Waals surface area contributed by atoms with E-state index < -0.39 is 12.1 Å². The fourth-order valence-corrected chi connectivity index (χ4v) is 3.73. The fraction of sp³-hybridized carbons (Fsp3) is 0.261. The van der Waals surface area contributed by atoms with Crippen molar-refractivity contribution in [2.45, 2.75) is 25.4 Å². The lowest BCUT2D eigenvalue weighted by Gasteiger charge is -2.22. The molecule has 0 radical (unpaired) electrons. The van der Waals surface area contributed by atoms with E-state index >= 15 is 0 Å². The highest BCUT2D eigenvalue weighted by molar-refractivity contribution is 6.06. The predicted octanol–water partition coefficient (Wildman–Crippen LogP) is 3.71. The number of carbonyl (C=O) groups excluding carboxylic acids is 2. The number of amides is 1. The van der Waals surface area contributed by atoms with Crippen LogP contribution < -0.4 is 0 Å². The maximum atomic E-state index is 13.3. The molecule has 1 aromatic heterocycles. The number of rotatable bonds is 4. The summed E-state index contributed by atoms with van der Waals surface area (Å²) in [4.78, 5) is 32.2. The number of para-hydroxylation sites is 1. The van der Waals surface area contributed by atoms with Crippen LogP contribution in [0.25, 0.3) is 10.9 Å². The van der Waals surface area contributed by atoms with E-state index in [1.165, 1.54) is 4.90 Å². The zero-order chi connectivity index (χ0) is 19.7. The number of pyridine rings is 1. The molecule has 1 atom stereocenters. The minimum absolute atomic E-state index is 0.269. The second-order valence-electron chi connectivity index (χ2n) is 7.21. The summed E-state index contributed by atoms with van der Waals surface area (Å²) >= 11 is 0. The maximum absolute atomic E-state index is 13.3. The van der Waals surface area contributed by atoms with Crippen molar-refractivity contribution in [1.82, 2.24) is 9.88 Å². The molecule has 5 nitrogen and oxygen atoms in total. The highest BCUT2D eigenvalue weighted by Gasteiger charge is 2.30. The number of hydrogen-bond acceptors (Lipinski definition) is 4. The number of hydrogen-bond donors (Lipinski definition) is 0. The van der Waals surface area contributed by atoms with Gasteiger partial charge in [-0.25, -0.2) is 4.79 Å². The SMILES string of the molecule is CN(C)C(=O)[C@H](OC(=O)c1c2c(nc3ccccc13)CCC2)c1ccccc1. The molecule has 0 aliphatic heterocycles. The zero-order valence-electron chi connectivity index (χ0n) is 16.0. The number of carbonyl (C=O) groups is 2. The van der Waals surface area contributed by atoms with E-state index in [2.05, 4.69) is 0 Å². The molecule has 0 bridgehead atoms. The molecule has 142 valence electrons. The average Bonchev–Trinajstić information content (AvgIpc) is 3.18. The Morgan fingerprint density at radius 3 is 2.46 bits per heavy atom. The standard InChI is InChI=1S/C23H22N2O3/c1-25(2)22(26)21(15-9-4-3-5-10-15)28-23(27)20-16-11-6-7-13-18(16)24-19-14-8-12-17(19)20/h3-7,9-11,13,21H,8,12,14H2,1-2H3/t21-/m1/s1. The summed E-state index contributed by atoms with van der Waals surface area (Å²) in [7, 11) is 3.32. The summed E-state index contributed by atoms with van der Waals surface area (Å²) in [5.41, 5.74) is 3.90. The first-order chi connectivity index (χ1) is 13.6. The largest absolute Gasteiger partial charge is 0.444 e. The van der Waals surface area contributed by atoms with Crippen LogP contribution in [0.1, 0.15) is 39.7 Å². The van der Waals surface area contributed by atoms with E-state index in [1.807, 2.05) is 42.5 Å². The van der Waals surface area contributed by atoms with Gasteiger partial charge < -0.3 is 9.64 Å². The van der Waals surface area contributed by atoms with Gasteiger partial charge in [-0.3, -0.25) is 9.78 Å². The lowest BCUT2D eigenvalue weighted by Crippen LogP contribution is -2.31. The maximum Gasteiger partial charge on any atom is 0.340 e. The second kappa shape index (κ2) is 7.43. The second-order valence-corrected chi connectivity index (χ2v) is 7.21. The van der Waals surface area contributed by atoms with Crippen molar-refractivity contribution in [3.63, 3.8) is 0 Å².